The van der Waals surface area contributed by atoms with Crippen LogP contribution in [0.15, 0.2) is 29.2 Å². The molecule has 1 radical (unpaired) electrons. The summed E-state index contributed by atoms with van der Waals surface area (Å²) < 4.78 is 0. The van der Waals surface area contributed by atoms with E-state index >= 15 is 0 Å². The summed E-state index contributed by atoms with van der Waals surface area (Å²) in [6.45, 7) is 4.36. The predicted octanol–water partition coefficient (Wildman–Crippen LogP) is 3.57. The Morgan fingerprint density at radius 1 is 1.25 bits per heavy atom. The van der Waals surface area contributed by atoms with Gasteiger partial charge in [0.15, 0.2) is 0 Å². The molecule has 0 saturated heterocycles. The van der Waals surface area contributed by atoms with Crippen molar-refractivity contribution >= 4 is 11.8 Å². The lowest BCUT2D eigenvalue weighted by atomic mass is 10.0. The summed E-state index contributed by atoms with van der Waals surface area (Å²) in [5, 5.41) is 0. The molecule has 0 bridgehead atoms. The topological polar surface area (TPSA) is 0 Å². The zero-order valence-electron chi connectivity index (χ0n) is 7.92. The summed E-state index contributed by atoms with van der Waals surface area (Å²) in [6.07, 6.45) is 3.24. The first-order valence-electron chi connectivity index (χ1n) is 4.15. The van der Waals surface area contributed by atoms with Gasteiger partial charge in [-0.25, -0.2) is 0 Å². The molecule has 0 saturated carbocycles. The van der Waals surface area contributed by atoms with Gasteiger partial charge in [0, 0.05) is 4.90 Å². The maximum absolute atomic E-state index is 2.21. The van der Waals surface area contributed by atoms with E-state index in [0.29, 0.717) is 0 Å². The summed E-state index contributed by atoms with van der Waals surface area (Å²) in [5.41, 5.74) is 1.45. The fourth-order valence-corrected chi connectivity index (χ4v) is 1.85. The minimum Gasteiger partial charge on any atom is -0.129 e. The first-order valence-corrected chi connectivity index (χ1v) is 5.37. The Balaban J connectivity index is 2.82. The van der Waals surface area contributed by atoms with E-state index in [4.69, 9.17) is 0 Å². The summed E-state index contributed by atoms with van der Waals surface area (Å²) in [4.78, 5) is 1.40. The monoisotopic (exact) mass is 179 g/mol. The van der Waals surface area contributed by atoms with E-state index in [0.717, 1.165) is 6.42 Å². The Hall–Kier alpha value is -0.430. The molecule has 0 atom stereocenters. The van der Waals surface area contributed by atoms with Crippen molar-refractivity contribution < 1.29 is 0 Å². The van der Waals surface area contributed by atoms with Crippen LogP contribution in [0.25, 0.3) is 0 Å². The van der Waals surface area contributed by atoms with Crippen molar-refractivity contribution in [2.75, 3.05) is 6.26 Å². The van der Waals surface area contributed by atoms with Crippen LogP contribution >= 0.6 is 11.8 Å². The molecule has 0 fully saturated rings. The predicted molar refractivity (Wildman–Crippen MR) is 56.5 cm³/mol. The third-order valence-electron chi connectivity index (χ3n) is 1.74. The molecule has 0 amide bonds. The third kappa shape index (κ3) is 2.56. The van der Waals surface area contributed by atoms with Gasteiger partial charge in [-0.1, -0.05) is 32.0 Å². The number of rotatable bonds is 3. The summed E-state index contributed by atoms with van der Waals surface area (Å²) in [7, 11) is 0. The molecule has 1 aromatic carbocycles. The van der Waals surface area contributed by atoms with Gasteiger partial charge in [0.25, 0.3) is 0 Å². The molecule has 65 valence electrons. The highest BCUT2D eigenvalue weighted by Gasteiger charge is 2.02. The Labute approximate surface area is 79.4 Å². The van der Waals surface area contributed by atoms with Gasteiger partial charge in [-0.2, -0.15) is 0 Å². The van der Waals surface area contributed by atoms with Crippen LogP contribution in [-0.4, -0.2) is 6.26 Å². The summed E-state index contributed by atoms with van der Waals surface area (Å²) >= 11 is 1.82. The fourth-order valence-electron chi connectivity index (χ4n) is 1.23. The van der Waals surface area contributed by atoms with Crippen molar-refractivity contribution in [2.45, 2.75) is 25.2 Å². The molecule has 1 rings (SSSR count). The van der Waals surface area contributed by atoms with Gasteiger partial charge in [-0.3, -0.25) is 0 Å². The largest absolute Gasteiger partial charge is 0.129 e. The lowest BCUT2D eigenvalue weighted by molar-refractivity contribution is 0.936. The van der Waals surface area contributed by atoms with Crippen LogP contribution in [0.3, 0.4) is 0 Å². The lowest BCUT2D eigenvalue weighted by Crippen LogP contribution is -1.93. The van der Waals surface area contributed by atoms with Crippen LogP contribution in [-0.2, 0) is 6.42 Å². The standard InChI is InChI=1S/C11H15S/c1-9(2)8-10-6-4-5-7-11(10)12-3/h4-7H,8H2,1-3H3. The van der Waals surface area contributed by atoms with Gasteiger partial charge < -0.3 is 0 Å². The molecule has 0 aromatic heterocycles. The first-order chi connectivity index (χ1) is 5.74. The number of benzene rings is 1. The van der Waals surface area contributed by atoms with E-state index in [1.165, 1.54) is 16.4 Å². The second-order valence-electron chi connectivity index (χ2n) is 3.20. The van der Waals surface area contributed by atoms with Crippen LogP contribution in [0.4, 0.5) is 0 Å². The fraction of sp³-hybridized carbons (Fsp3) is 0.364. The van der Waals surface area contributed by atoms with E-state index in [2.05, 4.69) is 44.4 Å². The van der Waals surface area contributed by atoms with E-state index in [1.54, 1.807) is 0 Å². The highest BCUT2D eigenvalue weighted by molar-refractivity contribution is 7.98. The van der Waals surface area contributed by atoms with Gasteiger partial charge in [-0.05, 0) is 30.2 Å². The van der Waals surface area contributed by atoms with E-state index in [-0.39, 0.29) is 0 Å². The van der Waals surface area contributed by atoms with Crippen molar-refractivity contribution in [1.82, 2.24) is 0 Å². The first kappa shape index (κ1) is 9.66. The molecule has 1 heteroatoms. The van der Waals surface area contributed by atoms with E-state index in [1.807, 2.05) is 11.8 Å². The molecule has 12 heavy (non-hydrogen) atoms. The molecule has 0 aliphatic rings. The van der Waals surface area contributed by atoms with Crippen LogP contribution in [0.1, 0.15) is 19.4 Å². The van der Waals surface area contributed by atoms with Gasteiger partial charge in [0.2, 0.25) is 0 Å². The smallest absolute Gasteiger partial charge is 0.0101 e. The molecule has 0 spiro atoms. The minimum absolute atomic E-state index is 1.11. The maximum atomic E-state index is 2.21. The highest BCUT2D eigenvalue weighted by Crippen LogP contribution is 2.22. The number of hydrogen-bond acceptors (Lipinski definition) is 1. The molecular weight excluding hydrogens is 164 g/mol. The average Bonchev–Trinajstić information content (AvgIpc) is 2.04. The molecule has 0 heterocycles. The van der Waals surface area contributed by atoms with Crippen molar-refractivity contribution in [2.24, 2.45) is 0 Å². The molecule has 0 unspecified atom stereocenters. The van der Waals surface area contributed by atoms with Crippen LogP contribution in [0.5, 0.6) is 0 Å². The van der Waals surface area contributed by atoms with Crippen LogP contribution in [0, 0.1) is 5.92 Å². The zero-order valence-corrected chi connectivity index (χ0v) is 8.74. The zero-order chi connectivity index (χ0) is 8.97. The second kappa shape index (κ2) is 4.56. The third-order valence-corrected chi connectivity index (χ3v) is 2.57. The molecule has 0 aliphatic carbocycles. The average molecular weight is 179 g/mol. The molecule has 1 aromatic rings. The van der Waals surface area contributed by atoms with Gasteiger partial charge in [-0.15, -0.1) is 11.8 Å². The van der Waals surface area contributed by atoms with Crippen LogP contribution < -0.4 is 0 Å². The Bertz CT molecular complexity index is 241. The second-order valence-corrected chi connectivity index (χ2v) is 4.04. The summed E-state index contributed by atoms with van der Waals surface area (Å²) in [5.74, 6) is 1.47. The molecule has 0 aliphatic heterocycles. The van der Waals surface area contributed by atoms with Crippen molar-refractivity contribution in [3.05, 3.63) is 35.7 Å². The maximum Gasteiger partial charge on any atom is 0.0101 e. The normalized spacial score (nSPS) is 10.7. The van der Waals surface area contributed by atoms with Gasteiger partial charge >= 0.3 is 0 Å². The van der Waals surface area contributed by atoms with E-state index < -0.39 is 0 Å². The van der Waals surface area contributed by atoms with Gasteiger partial charge in [0.1, 0.15) is 0 Å². The highest BCUT2D eigenvalue weighted by atomic mass is 32.2. The lowest BCUT2D eigenvalue weighted by Gasteiger charge is -2.08. The van der Waals surface area contributed by atoms with Crippen molar-refractivity contribution in [3.8, 4) is 0 Å². The number of hydrogen-bond donors (Lipinski definition) is 0. The number of thioether (sulfide) groups is 1. The Kier molecular flexibility index (Phi) is 3.67. The Morgan fingerprint density at radius 2 is 1.92 bits per heavy atom. The molecule has 0 nitrogen and oxygen atoms in total. The van der Waals surface area contributed by atoms with Crippen LogP contribution in [0.2, 0.25) is 0 Å². The van der Waals surface area contributed by atoms with E-state index in [9.17, 15) is 0 Å². The minimum atomic E-state index is 1.11. The molecular formula is C11H15S. The summed E-state index contributed by atoms with van der Waals surface area (Å²) in [6, 6.07) is 8.60. The molecule has 0 N–H and O–H groups in total. The van der Waals surface area contributed by atoms with Crippen molar-refractivity contribution in [3.63, 3.8) is 0 Å². The van der Waals surface area contributed by atoms with Crippen molar-refractivity contribution in [1.29, 1.82) is 0 Å². The van der Waals surface area contributed by atoms with Gasteiger partial charge in [0.05, 0.1) is 0 Å². The Morgan fingerprint density at radius 3 is 2.50 bits per heavy atom. The quantitative estimate of drug-likeness (QED) is 0.639. The SMILES string of the molecule is CSc1ccccc1C[C](C)C.